The van der Waals surface area contributed by atoms with Gasteiger partial charge in [-0.1, -0.05) is 24.3 Å². The van der Waals surface area contributed by atoms with Crippen molar-refractivity contribution in [2.24, 2.45) is 0 Å². The molecule has 27 heavy (non-hydrogen) atoms. The molecule has 0 unspecified atom stereocenters. The van der Waals surface area contributed by atoms with Gasteiger partial charge in [0, 0.05) is 19.1 Å². The Kier molecular flexibility index (Phi) is 5.58. The number of hydrogen-bond donors (Lipinski definition) is 2. The lowest BCUT2D eigenvalue weighted by molar-refractivity contribution is -0.137. The molecule has 1 aliphatic heterocycles. The smallest absolute Gasteiger partial charge is 0.416 e. The lowest BCUT2D eigenvalue weighted by atomic mass is 10.0. The average Bonchev–Trinajstić information content (AvgIpc) is 2.64. The summed E-state index contributed by atoms with van der Waals surface area (Å²) in [5, 5.41) is 13.1. The van der Waals surface area contributed by atoms with Gasteiger partial charge in [-0.05, 0) is 42.7 Å². The van der Waals surface area contributed by atoms with Crippen molar-refractivity contribution in [3.63, 3.8) is 0 Å². The Balaban J connectivity index is 1.50. The van der Waals surface area contributed by atoms with Gasteiger partial charge < -0.3 is 15.3 Å². The summed E-state index contributed by atoms with van der Waals surface area (Å²) in [4.78, 5) is 14.1. The maximum absolute atomic E-state index is 12.6. The summed E-state index contributed by atoms with van der Waals surface area (Å²) < 4.78 is 37.8. The van der Waals surface area contributed by atoms with Crippen molar-refractivity contribution in [1.29, 1.82) is 0 Å². The third-order valence-electron chi connectivity index (χ3n) is 4.75. The van der Waals surface area contributed by atoms with Gasteiger partial charge in [0.2, 0.25) is 5.91 Å². The van der Waals surface area contributed by atoms with E-state index in [4.69, 9.17) is 0 Å². The van der Waals surface area contributed by atoms with Crippen molar-refractivity contribution in [3.8, 4) is 5.75 Å². The van der Waals surface area contributed by atoms with Crippen molar-refractivity contribution in [1.82, 2.24) is 4.90 Å². The number of aromatic hydroxyl groups is 1. The summed E-state index contributed by atoms with van der Waals surface area (Å²) in [6, 6.07) is 11.9. The van der Waals surface area contributed by atoms with Gasteiger partial charge in [0.25, 0.3) is 0 Å². The predicted octanol–water partition coefficient (Wildman–Crippen LogP) is 4.06. The second-order valence-electron chi connectivity index (χ2n) is 6.69. The van der Waals surface area contributed by atoms with E-state index in [1.807, 2.05) is 6.07 Å². The van der Waals surface area contributed by atoms with E-state index < -0.39 is 11.7 Å². The molecule has 0 bridgehead atoms. The van der Waals surface area contributed by atoms with Gasteiger partial charge in [-0.3, -0.25) is 4.79 Å². The molecule has 2 aromatic carbocycles. The SMILES string of the molecule is O=C(Cc1ccc(C(F)(F)F)cc1)N1CCC(Nc2ccccc2O)CC1. The van der Waals surface area contributed by atoms with Crippen LogP contribution < -0.4 is 5.32 Å². The standard InChI is InChI=1S/C20H21F3N2O2/c21-20(22,23)15-7-5-14(6-8-15)13-19(27)25-11-9-16(10-12-25)24-17-3-1-2-4-18(17)26/h1-8,16,24,26H,9-13H2. The van der Waals surface area contributed by atoms with Crippen molar-refractivity contribution < 1.29 is 23.1 Å². The highest BCUT2D eigenvalue weighted by molar-refractivity contribution is 5.79. The van der Waals surface area contributed by atoms with E-state index in [1.54, 1.807) is 23.1 Å². The highest BCUT2D eigenvalue weighted by Gasteiger charge is 2.30. The highest BCUT2D eigenvalue weighted by Crippen LogP contribution is 2.29. The minimum absolute atomic E-state index is 0.0873. The molecular formula is C20H21F3N2O2. The molecule has 0 aliphatic carbocycles. The molecule has 4 nitrogen and oxygen atoms in total. The molecule has 0 radical (unpaired) electrons. The van der Waals surface area contributed by atoms with Crippen LogP contribution in [0.1, 0.15) is 24.0 Å². The molecule has 0 saturated carbocycles. The lowest BCUT2D eigenvalue weighted by Crippen LogP contribution is -2.43. The van der Waals surface area contributed by atoms with Crippen LogP contribution in [0.3, 0.4) is 0 Å². The summed E-state index contributed by atoms with van der Waals surface area (Å²) in [6.45, 7) is 1.15. The number of rotatable bonds is 4. The molecule has 2 N–H and O–H groups in total. The molecule has 3 rings (SSSR count). The number of benzene rings is 2. The van der Waals surface area contributed by atoms with Gasteiger partial charge in [0.1, 0.15) is 5.75 Å². The first-order chi connectivity index (χ1) is 12.8. The average molecular weight is 378 g/mol. The maximum Gasteiger partial charge on any atom is 0.416 e. The molecule has 1 amide bonds. The fourth-order valence-electron chi connectivity index (χ4n) is 3.19. The van der Waals surface area contributed by atoms with E-state index in [2.05, 4.69) is 5.32 Å². The predicted molar refractivity (Wildman–Crippen MR) is 96.5 cm³/mol. The number of carbonyl (C=O) groups is 1. The first-order valence-electron chi connectivity index (χ1n) is 8.81. The number of amides is 1. The Hall–Kier alpha value is -2.70. The van der Waals surface area contributed by atoms with Crippen molar-refractivity contribution in [2.45, 2.75) is 31.5 Å². The first kappa shape index (κ1) is 19.1. The van der Waals surface area contributed by atoms with Crippen LogP contribution in [0.2, 0.25) is 0 Å². The zero-order chi connectivity index (χ0) is 19.4. The van der Waals surface area contributed by atoms with Gasteiger partial charge >= 0.3 is 6.18 Å². The number of nitrogens with one attached hydrogen (secondary N) is 1. The zero-order valence-corrected chi connectivity index (χ0v) is 14.7. The van der Waals surface area contributed by atoms with E-state index in [1.165, 1.54) is 12.1 Å². The minimum Gasteiger partial charge on any atom is -0.506 e. The number of para-hydroxylation sites is 2. The molecule has 1 saturated heterocycles. The number of phenolic OH excluding ortho intramolecular Hbond substituents is 1. The quantitative estimate of drug-likeness (QED) is 0.789. The molecule has 144 valence electrons. The van der Waals surface area contributed by atoms with E-state index in [0.717, 1.165) is 25.0 Å². The second kappa shape index (κ2) is 7.90. The van der Waals surface area contributed by atoms with Gasteiger partial charge in [0.05, 0.1) is 17.7 Å². The number of halogens is 3. The third kappa shape index (κ3) is 4.93. The Morgan fingerprint density at radius 3 is 2.30 bits per heavy atom. The van der Waals surface area contributed by atoms with Crippen LogP contribution in [-0.2, 0) is 17.4 Å². The van der Waals surface area contributed by atoms with E-state index >= 15 is 0 Å². The number of hydrogen-bond acceptors (Lipinski definition) is 3. The third-order valence-corrected chi connectivity index (χ3v) is 4.75. The monoisotopic (exact) mass is 378 g/mol. The Morgan fingerprint density at radius 1 is 1.07 bits per heavy atom. The van der Waals surface area contributed by atoms with Crippen molar-refractivity contribution >= 4 is 11.6 Å². The van der Waals surface area contributed by atoms with Crippen LogP contribution in [0.5, 0.6) is 5.75 Å². The lowest BCUT2D eigenvalue weighted by Gasteiger charge is -2.33. The molecule has 1 fully saturated rings. The fraction of sp³-hybridized carbons (Fsp3) is 0.350. The number of carbonyl (C=O) groups excluding carboxylic acids is 1. The molecule has 0 atom stereocenters. The van der Waals surface area contributed by atoms with Crippen LogP contribution in [0.4, 0.5) is 18.9 Å². The molecule has 1 heterocycles. The number of piperidine rings is 1. The Morgan fingerprint density at radius 2 is 1.70 bits per heavy atom. The normalized spacial score (nSPS) is 15.6. The minimum atomic E-state index is -4.37. The van der Waals surface area contributed by atoms with Gasteiger partial charge in [-0.25, -0.2) is 0 Å². The van der Waals surface area contributed by atoms with E-state index in [-0.39, 0.29) is 24.1 Å². The first-order valence-corrected chi connectivity index (χ1v) is 8.81. The largest absolute Gasteiger partial charge is 0.506 e. The topological polar surface area (TPSA) is 52.6 Å². The highest BCUT2D eigenvalue weighted by atomic mass is 19.4. The molecular weight excluding hydrogens is 357 g/mol. The summed E-state index contributed by atoms with van der Waals surface area (Å²) >= 11 is 0. The van der Waals surface area contributed by atoms with Crippen molar-refractivity contribution in [2.75, 3.05) is 18.4 Å². The van der Waals surface area contributed by atoms with Crippen LogP contribution in [0.25, 0.3) is 0 Å². The summed E-state index contributed by atoms with van der Waals surface area (Å²) in [6.07, 6.45) is -2.79. The Bertz CT molecular complexity index is 783. The molecule has 7 heteroatoms. The number of alkyl halides is 3. The Labute approximate surface area is 155 Å². The van der Waals surface area contributed by atoms with Gasteiger partial charge in [-0.2, -0.15) is 13.2 Å². The van der Waals surface area contributed by atoms with Crippen LogP contribution in [-0.4, -0.2) is 35.0 Å². The number of phenols is 1. The summed E-state index contributed by atoms with van der Waals surface area (Å²) in [5.41, 5.74) is 0.532. The van der Waals surface area contributed by atoms with Crippen molar-refractivity contribution in [3.05, 3.63) is 59.7 Å². The van der Waals surface area contributed by atoms with E-state index in [9.17, 15) is 23.1 Å². The molecule has 2 aromatic rings. The van der Waals surface area contributed by atoms with E-state index in [0.29, 0.717) is 24.3 Å². The maximum atomic E-state index is 12.6. The fourth-order valence-corrected chi connectivity index (χ4v) is 3.19. The number of likely N-dealkylation sites (tertiary alicyclic amines) is 1. The van der Waals surface area contributed by atoms with Crippen LogP contribution in [0, 0.1) is 0 Å². The van der Waals surface area contributed by atoms with Gasteiger partial charge in [0.15, 0.2) is 0 Å². The second-order valence-corrected chi connectivity index (χ2v) is 6.69. The summed E-state index contributed by atoms with van der Waals surface area (Å²) in [5.74, 6) is 0.106. The number of anilines is 1. The molecule has 0 spiro atoms. The molecule has 1 aliphatic rings. The zero-order valence-electron chi connectivity index (χ0n) is 14.7. The molecule has 0 aromatic heterocycles. The van der Waals surface area contributed by atoms with Gasteiger partial charge in [-0.15, -0.1) is 0 Å². The summed E-state index contributed by atoms with van der Waals surface area (Å²) in [7, 11) is 0. The van der Waals surface area contributed by atoms with Crippen LogP contribution >= 0.6 is 0 Å². The number of nitrogens with zero attached hydrogens (tertiary/aromatic N) is 1. The van der Waals surface area contributed by atoms with Crippen LogP contribution in [0.15, 0.2) is 48.5 Å².